The Bertz CT molecular complexity index is 381. The molecule has 0 aromatic heterocycles. The molecular formula is C15H23NO. The molecule has 0 bridgehead atoms. The van der Waals surface area contributed by atoms with Crippen molar-refractivity contribution in [3.63, 3.8) is 0 Å². The summed E-state index contributed by atoms with van der Waals surface area (Å²) in [7, 11) is 1.77. The van der Waals surface area contributed by atoms with Crippen LogP contribution in [-0.4, -0.2) is 13.7 Å². The van der Waals surface area contributed by atoms with Crippen LogP contribution in [0.2, 0.25) is 0 Å². The minimum absolute atomic E-state index is 0.145. The van der Waals surface area contributed by atoms with E-state index in [1.165, 1.54) is 36.8 Å². The summed E-state index contributed by atoms with van der Waals surface area (Å²) < 4.78 is 5.54. The first kappa shape index (κ1) is 12.4. The van der Waals surface area contributed by atoms with E-state index < -0.39 is 0 Å². The zero-order valence-electron chi connectivity index (χ0n) is 11.2. The van der Waals surface area contributed by atoms with Crippen molar-refractivity contribution in [2.45, 2.75) is 45.1 Å². The second kappa shape index (κ2) is 5.09. The Morgan fingerprint density at radius 1 is 1.41 bits per heavy atom. The zero-order chi connectivity index (χ0) is 12.3. The van der Waals surface area contributed by atoms with Gasteiger partial charge in [-0.2, -0.15) is 0 Å². The van der Waals surface area contributed by atoms with Crippen LogP contribution >= 0.6 is 0 Å². The molecule has 2 heteroatoms. The van der Waals surface area contributed by atoms with Gasteiger partial charge in [0.25, 0.3) is 0 Å². The molecular weight excluding hydrogens is 210 g/mol. The van der Waals surface area contributed by atoms with Gasteiger partial charge in [-0.05, 0) is 38.8 Å². The number of rotatable bonds is 4. The highest BCUT2D eigenvalue weighted by Crippen LogP contribution is 2.40. The van der Waals surface area contributed by atoms with Crippen molar-refractivity contribution in [1.29, 1.82) is 0 Å². The molecule has 1 aliphatic rings. The van der Waals surface area contributed by atoms with Gasteiger partial charge in [0.15, 0.2) is 0 Å². The van der Waals surface area contributed by atoms with Crippen LogP contribution in [0.15, 0.2) is 18.2 Å². The average molecular weight is 233 g/mol. The maximum absolute atomic E-state index is 5.54. The number of nitrogens with one attached hydrogen (secondary N) is 1. The Morgan fingerprint density at radius 2 is 2.24 bits per heavy atom. The van der Waals surface area contributed by atoms with Crippen molar-refractivity contribution < 1.29 is 4.74 Å². The van der Waals surface area contributed by atoms with Crippen LogP contribution in [-0.2, 0) is 5.54 Å². The van der Waals surface area contributed by atoms with E-state index in [0.717, 1.165) is 12.3 Å². The monoisotopic (exact) mass is 233 g/mol. The van der Waals surface area contributed by atoms with Gasteiger partial charge in [-0.1, -0.05) is 31.0 Å². The molecule has 0 radical (unpaired) electrons. The highest BCUT2D eigenvalue weighted by molar-refractivity contribution is 5.42. The molecule has 1 aromatic carbocycles. The molecule has 0 aliphatic carbocycles. The average Bonchev–Trinajstić information content (AvgIpc) is 2.79. The first-order valence-corrected chi connectivity index (χ1v) is 6.62. The van der Waals surface area contributed by atoms with Gasteiger partial charge in [-0.25, -0.2) is 0 Å². The molecule has 17 heavy (non-hydrogen) atoms. The summed E-state index contributed by atoms with van der Waals surface area (Å²) in [6, 6.07) is 6.51. The topological polar surface area (TPSA) is 21.3 Å². The van der Waals surface area contributed by atoms with Crippen LogP contribution in [0.4, 0.5) is 0 Å². The van der Waals surface area contributed by atoms with Crippen molar-refractivity contribution in [2.75, 3.05) is 13.7 Å². The van der Waals surface area contributed by atoms with Gasteiger partial charge >= 0.3 is 0 Å². The lowest BCUT2D eigenvalue weighted by Crippen LogP contribution is -2.37. The van der Waals surface area contributed by atoms with Crippen LogP contribution in [0, 0.1) is 6.92 Å². The highest BCUT2D eigenvalue weighted by Gasteiger charge is 2.36. The fourth-order valence-corrected chi connectivity index (χ4v) is 3.01. The van der Waals surface area contributed by atoms with Crippen LogP contribution in [0.25, 0.3) is 0 Å². The molecule has 1 aliphatic heterocycles. The lowest BCUT2D eigenvalue weighted by Gasteiger charge is -2.31. The van der Waals surface area contributed by atoms with Gasteiger partial charge in [-0.15, -0.1) is 0 Å². The predicted octanol–water partition coefficient (Wildman–Crippen LogP) is 3.38. The Labute approximate surface area is 104 Å². The molecule has 0 amide bonds. The minimum atomic E-state index is 0.145. The van der Waals surface area contributed by atoms with Crippen LogP contribution in [0.3, 0.4) is 0 Å². The second-order valence-electron chi connectivity index (χ2n) is 5.07. The van der Waals surface area contributed by atoms with Crippen molar-refractivity contribution in [2.24, 2.45) is 0 Å². The van der Waals surface area contributed by atoms with E-state index in [1.807, 2.05) is 0 Å². The molecule has 1 saturated heterocycles. The number of ether oxygens (including phenoxy) is 1. The zero-order valence-corrected chi connectivity index (χ0v) is 11.2. The summed E-state index contributed by atoms with van der Waals surface area (Å²) in [5.41, 5.74) is 2.80. The third kappa shape index (κ3) is 2.32. The first-order valence-electron chi connectivity index (χ1n) is 6.62. The van der Waals surface area contributed by atoms with E-state index in [2.05, 4.69) is 37.4 Å². The quantitative estimate of drug-likeness (QED) is 0.860. The number of benzene rings is 1. The third-order valence-corrected chi connectivity index (χ3v) is 3.79. The van der Waals surface area contributed by atoms with Crippen molar-refractivity contribution in [3.05, 3.63) is 29.3 Å². The molecule has 2 nitrogen and oxygen atoms in total. The Kier molecular flexibility index (Phi) is 3.72. The second-order valence-corrected chi connectivity index (χ2v) is 5.07. The smallest absolute Gasteiger partial charge is 0.123 e. The normalized spacial score (nSPS) is 23.9. The van der Waals surface area contributed by atoms with Crippen LogP contribution in [0.5, 0.6) is 5.75 Å². The maximum Gasteiger partial charge on any atom is 0.123 e. The van der Waals surface area contributed by atoms with Gasteiger partial charge in [0.2, 0.25) is 0 Å². The predicted molar refractivity (Wildman–Crippen MR) is 71.6 cm³/mol. The fourth-order valence-electron chi connectivity index (χ4n) is 3.01. The van der Waals surface area contributed by atoms with Crippen LogP contribution < -0.4 is 10.1 Å². The molecule has 94 valence electrons. The summed E-state index contributed by atoms with van der Waals surface area (Å²) in [5, 5.41) is 3.71. The molecule has 1 fully saturated rings. The molecule has 0 spiro atoms. The highest BCUT2D eigenvalue weighted by atomic mass is 16.5. The lowest BCUT2D eigenvalue weighted by atomic mass is 9.83. The van der Waals surface area contributed by atoms with E-state index in [9.17, 15) is 0 Å². The Balaban J connectivity index is 2.44. The van der Waals surface area contributed by atoms with E-state index in [-0.39, 0.29) is 5.54 Å². The summed E-state index contributed by atoms with van der Waals surface area (Å²) in [6.45, 7) is 5.53. The molecule has 0 saturated carbocycles. The fraction of sp³-hybridized carbons (Fsp3) is 0.600. The minimum Gasteiger partial charge on any atom is -0.496 e. The van der Waals surface area contributed by atoms with E-state index in [4.69, 9.17) is 4.74 Å². The van der Waals surface area contributed by atoms with Gasteiger partial charge in [0.05, 0.1) is 7.11 Å². The standard InChI is InChI=1S/C15H23NO/c1-4-8-15(9-5-10-16-15)13-11-12(2)6-7-14(13)17-3/h6-7,11,16H,4-5,8-10H2,1-3H3. The van der Waals surface area contributed by atoms with Gasteiger partial charge < -0.3 is 10.1 Å². The SMILES string of the molecule is CCCC1(c2cc(C)ccc2OC)CCCN1. The summed E-state index contributed by atoms with van der Waals surface area (Å²) in [4.78, 5) is 0. The van der Waals surface area contributed by atoms with E-state index in [0.29, 0.717) is 0 Å². The van der Waals surface area contributed by atoms with E-state index in [1.54, 1.807) is 7.11 Å². The first-order chi connectivity index (χ1) is 8.22. The lowest BCUT2D eigenvalue weighted by molar-refractivity contribution is 0.329. The molecule has 2 rings (SSSR count). The van der Waals surface area contributed by atoms with Crippen molar-refractivity contribution in [1.82, 2.24) is 5.32 Å². The molecule has 1 atom stereocenters. The van der Waals surface area contributed by atoms with Crippen molar-refractivity contribution in [3.8, 4) is 5.75 Å². The summed E-state index contributed by atoms with van der Waals surface area (Å²) >= 11 is 0. The third-order valence-electron chi connectivity index (χ3n) is 3.79. The molecule has 1 N–H and O–H groups in total. The Hall–Kier alpha value is -1.02. The number of aryl methyl sites for hydroxylation is 1. The maximum atomic E-state index is 5.54. The number of hydrogen-bond acceptors (Lipinski definition) is 2. The number of methoxy groups -OCH3 is 1. The number of hydrogen-bond donors (Lipinski definition) is 1. The molecule has 1 heterocycles. The summed E-state index contributed by atoms with van der Waals surface area (Å²) in [5.74, 6) is 1.03. The molecule has 1 aromatic rings. The summed E-state index contributed by atoms with van der Waals surface area (Å²) in [6.07, 6.45) is 4.87. The van der Waals surface area contributed by atoms with Gasteiger partial charge in [-0.3, -0.25) is 0 Å². The van der Waals surface area contributed by atoms with Crippen molar-refractivity contribution >= 4 is 0 Å². The van der Waals surface area contributed by atoms with Gasteiger partial charge in [0, 0.05) is 11.1 Å². The van der Waals surface area contributed by atoms with Crippen LogP contribution in [0.1, 0.15) is 43.7 Å². The van der Waals surface area contributed by atoms with Gasteiger partial charge in [0.1, 0.15) is 5.75 Å². The molecule has 1 unspecified atom stereocenters. The van der Waals surface area contributed by atoms with E-state index >= 15 is 0 Å². The Morgan fingerprint density at radius 3 is 2.82 bits per heavy atom. The largest absolute Gasteiger partial charge is 0.496 e.